The van der Waals surface area contributed by atoms with E-state index in [2.05, 4.69) is 4.98 Å². The van der Waals surface area contributed by atoms with Crippen LogP contribution in [0, 0.1) is 0 Å². The molecule has 0 radical (unpaired) electrons. The minimum absolute atomic E-state index is 0.0179. The van der Waals surface area contributed by atoms with Gasteiger partial charge >= 0.3 is 6.18 Å². The molecular weight excluding hydrogens is 341 g/mol. The van der Waals surface area contributed by atoms with Crippen molar-refractivity contribution >= 4 is 23.0 Å². The molecule has 24 heavy (non-hydrogen) atoms. The van der Waals surface area contributed by atoms with Gasteiger partial charge in [0.15, 0.2) is 5.69 Å². The third-order valence-electron chi connectivity index (χ3n) is 3.72. The van der Waals surface area contributed by atoms with Crippen LogP contribution in [0.1, 0.15) is 28.2 Å². The van der Waals surface area contributed by atoms with Crippen molar-refractivity contribution in [2.24, 2.45) is 0 Å². The number of alkyl halides is 3. The Hall–Kier alpha value is -2.22. The van der Waals surface area contributed by atoms with Gasteiger partial charge in [-0.15, -0.1) is 11.3 Å². The van der Waals surface area contributed by atoms with E-state index >= 15 is 0 Å². The van der Waals surface area contributed by atoms with Crippen LogP contribution in [0.2, 0.25) is 0 Å². The lowest BCUT2D eigenvalue weighted by Crippen LogP contribution is -2.39. The van der Waals surface area contributed by atoms with Crippen molar-refractivity contribution in [1.82, 2.24) is 9.88 Å². The fraction of sp³-hybridized carbons (Fsp3) is 0.312. The Bertz CT molecular complexity index is 761. The van der Waals surface area contributed by atoms with E-state index in [4.69, 9.17) is 0 Å². The standard InChI is InChI=1S/C16H13F3N2O2S/c17-16(18,19)13-12(15(23)21-8-6-11(22)7-9-21)24-14(20-13)10-4-2-1-3-5-10/h1-5H,6-9H2. The number of carbonyl (C=O) groups is 2. The second-order valence-corrected chi connectivity index (χ2v) is 6.39. The van der Waals surface area contributed by atoms with Crippen LogP contribution < -0.4 is 0 Å². The quantitative estimate of drug-likeness (QED) is 0.827. The van der Waals surface area contributed by atoms with Crippen LogP contribution in [0.15, 0.2) is 30.3 Å². The lowest BCUT2D eigenvalue weighted by Gasteiger charge is -2.25. The average Bonchev–Trinajstić information content (AvgIpc) is 3.01. The summed E-state index contributed by atoms with van der Waals surface area (Å²) in [6, 6.07) is 8.43. The zero-order valence-electron chi connectivity index (χ0n) is 12.5. The number of nitrogens with zero attached hydrogens (tertiary/aromatic N) is 2. The molecule has 0 N–H and O–H groups in total. The first kappa shape index (κ1) is 16.6. The van der Waals surface area contributed by atoms with Crippen molar-refractivity contribution in [2.75, 3.05) is 13.1 Å². The minimum Gasteiger partial charge on any atom is -0.337 e. The van der Waals surface area contributed by atoms with Crippen LogP contribution >= 0.6 is 11.3 Å². The fourth-order valence-electron chi connectivity index (χ4n) is 2.46. The van der Waals surface area contributed by atoms with Crippen molar-refractivity contribution in [3.63, 3.8) is 0 Å². The molecule has 1 aliphatic rings. The first-order chi connectivity index (χ1) is 11.4. The molecule has 0 bridgehead atoms. The zero-order valence-corrected chi connectivity index (χ0v) is 13.3. The van der Waals surface area contributed by atoms with E-state index in [1.54, 1.807) is 30.3 Å². The molecule has 0 aliphatic carbocycles. The molecule has 2 aromatic rings. The van der Waals surface area contributed by atoms with Crippen molar-refractivity contribution < 1.29 is 22.8 Å². The molecule has 0 unspecified atom stereocenters. The van der Waals surface area contributed by atoms with E-state index in [9.17, 15) is 22.8 Å². The molecule has 8 heteroatoms. The van der Waals surface area contributed by atoms with E-state index in [-0.39, 0.29) is 36.7 Å². The first-order valence-electron chi connectivity index (χ1n) is 7.30. The molecule has 1 aromatic heterocycles. The van der Waals surface area contributed by atoms with Gasteiger partial charge in [0.05, 0.1) is 0 Å². The number of Topliss-reactive ketones (excluding diaryl/α,β-unsaturated/α-hetero) is 1. The number of carbonyl (C=O) groups excluding carboxylic acids is 2. The summed E-state index contributed by atoms with van der Waals surface area (Å²) < 4.78 is 39.9. The van der Waals surface area contributed by atoms with Gasteiger partial charge in [0.2, 0.25) is 0 Å². The van der Waals surface area contributed by atoms with Crippen molar-refractivity contribution in [3.05, 3.63) is 40.9 Å². The van der Waals surface area contributed by atoms with Crippen LogP contribution in [-0.2, 0) is 11.0 Å². The first-order valence-corrected chi connectivity index (χ1v) is 8.12. The smallest absolute Gasteiger partial charge is 0.337 e. The molecule has 2 heterocycles. The molecule has 4 nitrogen and oxygen atoms in total. The zero-order chi connectivity index (χ0) is 17.3. The number of hydrogen-bond donors (Lipinski definition) is 0. The summed E-state index contributed by atoms with van der Waals surface area (Å²) in [6.45, 7) is 0.293. The monoisotopic (exact) mass is 354 g/mol. The van der Waals surface area contributed by atoms with E-state index < -0.39 is 22.7 Å². The summed E-state index contributed by atoms with van der Waals surface area (Å²) in [5.74, 6) is -0.695. The van der Waals surface area contributed by atoms with Crippen LogP contribution in [0.5, 0.6) is 0 Å². The molecule has 1 fully saturated rings. The number of ketones is 1. The highest BCUT2D eigenvalue weighted by Gasteiger charge is 2.41. The number of likely N-dealkylation sites (tertiary alicyclic amines) is 1. The Kier molecular flexibility index (Phi) is 4.40. The second kappa shape index (κ2) is 6.35. The van der Waals surface area contributed by atoms with Crippen LogP contribution in [0.3, 0.4) is 0 Å². The molecule has 1 amide bonds. The van der Waals surface area contributed by atoms with Gasteiger partial charge in [0, 0.05) is 31.5 Å². The SMILES string of the molecule is O=C1CCN(C(=O)c2sc(-c3ccccc3)nc2C(F)(F)F)CC1. The number of halogens is 3. The van der Waals surface area contributed by atoms with Gasteiger partial charge in [-0.05, 0) is 0 Å². The highest BCUT2D eigenvalue weighted by Crippen LogP contribution is 2.38. The fourth-order valence-corrected chi connectivity index (χ4v) is 3.52. The molecule has 0 saturated carbocycles. The normalized spacial score (nSPS) is 15.6. The van der Waals surface area contributed by atoms with E-state index in [1.807, 2.05) is 0 Å². The predicted octanol–water partition coefficient (Wildman–Crippen LogP) is 3.63. The van der Waals surface area contributed by atoms with Gasteiger partial charge in [-0.25, -0.2) is 4.98 Å². The highest BCUT2D eigenvalue weighted by atomic mass is 32.1. The number of thiazole rings is 1. The Balaban J connectivity index is 1.98. The summed E-state index contributed by atoms with van der Waals surface area (Å²) in [6.07, 6.45) is -4.35. The van der Waals surface area contributed by atoms with Crippen molar-refractivity contribution in [1.29, 1.82) is 0 Å². The second-order valence-electron chi connectivity index (χ2n) is 5.39. The molecule has 3 rings (SSSR count). The van der Waals surface area contributed by atoms with Crippen molar-refractivity contribution in [3.8, 4) is 10.6 Å². The number of benzene rings is 1. The third-order valence-corrected chi connectivity index (χ3v) is 4.81. The number of piperidine rings is 1. The maximum Gasteiger partial charge on any atom is 0.435 e. The van der Waals surface area contributed by atoms with E-state index in [1.165, 1.54) is 4.90 Å². The number of aromatic nitrogens is 1. The van der Waals surface area contributed by atoms with E-state index in [0.29, 0.717) is 5.56 Å². The molecule has 0 spiro atoms. The topological polar surface area (TPSA) is 50.3 Å². The third kappa shape index (κ3) is 3.33. The lowest BCUT2D eigenvalue weighted by atomic mass is 10.1. The number of hydrogen-bond acceptors (Lipinski definition) is 4. The molecule has 126 valence electrons. The largest absolute Gasteiger partial charge is 0.435 e. The Morgan fingerprint density at radius 2 is 1.75 bits per heavy atom. The molecule has 1 aromatic carbocycles. The lowest BCUT2D eigenvalue weighted by molar-refractivity contribution is -0.141. The average molecular weight is 354 g/mol. The van der Waals surface area contributed by atoms with Gasteiger partial charge in [-0.1, -0.05) is 30.3 Å². The summed E-state index contributed by atoms with van der Waals surface area (Å²) in [4.78, 5) is 28.3. The van der Waals surface area contributed by atoms with Gasteiger partial charge < -0.3 is 4.90 Å². The maximum atomic E-state index is 13.3. The van der Waals surface area contributed by atoms with Crippen LogP contribution in [-0.4, -0.2) is 34.7 Å². The molecule has 1 saturated heterocycles. The Morgan fingerprint density at radius 3 is 2.33 bits per heavy atom. The van der Waals surface area contributed by atoms with Gasteiger partial charge in [0.1, 0.15) is 15.7 Å². The summed E-state index contributed by atoms with van der Waals surface area (Å²) >= 11 is 0.735. The minimum atomic E-state index is -4.71. The maximum absolute atomic E-state index is 13.3. The van der Waals surface area contributed by atoms with Crippen LogP contribution in [0.4, 0.5) is 13.2 Å². The number of amides is 1. The summed E-state index contributed by atoms with van der Waals surface area (Å²) in [5.41, 5.74) is -0.630. The van der Waals surface area contributed by atoms with Crippen LogP contribution in [0.25, 0.3) is 10.6 Å². The Labute approximate surface area is 139 Å². The summed E-state index contributed by atoms with van der Waals surface area (Å²) in [7, 11) is 0. The van der Waals surface area contributed by atoms with Gasteiger partial charge in [0.25, 0.3) is 5.91 Å². The highest BCUT2D eigenvalue weighted by molar-refractivity contribution is 7.17. The predicted molar refractivity (Wildman–Crippen MR) is 82.7 cm³/mol. The number of rotatable bonds is 2. The molecule has 0 atom stereocenters. The van der Waals surface area contributed by atoms with Gasteiger partial charge in [-0.3, -0.25) is 9.59 Å². The summed E-state index contributed by atoms with van der Waals surface area (Å²) in [5, 5.41) is 0.152. The van der Waals surface area contributed by atoms with Gasteiger partial charge in [-0.2, -0.15) is 13.2 Å². The van der Waals surface area contributed by atoms with E-state index in [0.717, 1.165) is 11.3 Å². The molecule has 1 aliphatic heterocycles. The Morgan fingerprint density at radius 1 is 1.12 bits per heavy atom. The molecular formula is C16H13F3N2O2S. The van der Waals surface area contributed by atoms with Crippen molar-refractivity contribution in [2.45, 2.75) is 19.0 Å².